The van der Waals surface area contributed by atoms with E-state index in [9.17, 15) is 13.2 Å². The van der Waals surface area contributed by atoms with Crippen molar-refractivity contribution in [3.8, 4) is 5.75 Å². The third-order valence-electron chi connectivity index (χ3n) is 5.50. The third kappa shape index (κ3) is 6.49. The van der Waals surface area contributed by atoms with Crippen LogP contribution in [0.15, 0.2) is 106 Å². The predicted molar refractivity (Wildman–Crippen MR) is 164 cm³/mol. The molecule has 0 aromatic heterocycles. The molecule has 0 atom stereocenters. The SMILES string of the molecule is O=C1/C(=C/c2ccc(OS(=O)(=O)c3ccc(Cl)cc3)c(Cl)c2)SC(=Nc2ccc(Cl)cc2)N1c1ccc(Cl)cc1. The van der Waals surface area contributed by atoms with E-state index in [1.54, 1.807) is 60.7 Å². The van der Waals surface area contributed by atoms with Gasteiger partial charge >= 0.3 is 10.1 Å². The molecule has 1 aliphatic rings. The van der Waals surface area contributed by atoms with Crippen LogP contribution in [-0.2, 0) is 14.9 Å². The maximum atomic E-state index is 13.5. The fraction of sp³-hybridized carbons (Fsp3) is 0. The first-order chi connectivity index (χ1) is 19.1. The Bertz CT molecular complexity index is 1760. The second kappa shape index (κ2) is 11.9. The Hall–Kier alpha value is -2.98. The lowest BCUT2D eigenvalue weighted by Gasteiger charge is -2.15. The highest BCUT2D eigenvalue weighted by atomic mass is 35.5. The van der Waals surface area contributed by atoms with Gasteiger partial charge in [0.15, 0.2) is 10.9 Å². The molecule has 202 valence electrons. The molecule has 5 rings (SSSR count). The van der Waals surface area contributed by atoms with E-state index in [4.69, 9.17) is 50.6 Å². The third-order valence-corrected chi connectivity index (χ3v) is 8.77. The summed E-state index contributed by atoms with van der Waals surface area (Å²) in [6, 6.07) is 23.9. The highest BCUT2D eigenvalue weighted by Crippen LogP contribution is 2.38. The van der Waals surface area contributed by atoms with Crippen LogP contribution in [0.2, 0.25) is 20.1 Å². The van der Waals surface area contributed by atoms with Crippen LogP contribution in [0.5, 0.6) is 5.75 Å². The van der Waals surface area contributed by atoms with E-state index in [1.807, 2.05) is 0 Å². The summed E-state index contributed by atoms with van der Waals surface area (Å²) in [6.07, 6.45) is 1.64. The second-order valence-electron chi connectivity index (χ2n) is 8.28. The van der Waals surface area contributed by atoms with Gasteiger partial charge in [-0.25, -0.2) is 4.99 Å². The summed E-state index contributed by atoms with van der Waals surface area (Å²) in [5, 5.41) is 1.97. The molecule has 0 unspecified atom stereocenters. The lowest BCUT2D eigenvalue weighted by molar-refractivity contribution is -0.113. The van der Waals surface area contributed by atoms with Crippen molar-refractivity contribution in [1.82, 2.24) is 0 Å². The number of thioether (sulfide) groups is 1. The van der Waals surface area contributed by atoms with Crippen molar-refractivity contribution in [3.05, 3.63) is 122 Å². The lowest BCUT2D eigenvalue weighted by Crippen LogP contribution is -2.28. The fourth-order valence-corrected chi connectivity index (χ4v) is 6.19. The monoisotopic (exact) mass is 648 g/mol. The Morgan fingerprint density at radius 2 is 1.35 bits per heavy atom. The molecule has 1 saturated heterocycles. The molecule has 4 aromatic rings. The number of amidine groups is 1. The molecule has 1 amide bonds. The van der Waals surface area contributed by atoms with Crippen molar-refractivity contribution in [1.29, 1.82) is 0 Å². The van der Waals surface area contributed by atoms with E-state index >= 15 is 0 Å². The number of anilines is 1. The van der Waals surface area contributed by atoms with Crippen molar-refractivity contribution in [2.24, 2.45) is 4.99 Å². The fourth-order valence-electron chi connectivity index (χ4n) is 3.59. The molecule has 1 heterocycles. The average molecular weight is 650 g/mol. The van der Waals surface area contributed by atoms with Gasteiger partial charge in [0.05, 0.1) is 21.3 Å². The summed E-state index contributed by atoms with van der Waals surface area (Å²) in [7, 11) is -4.13. The molecule has 0 saturated carbocycles. The van der Waals surface area contributed by atoms with Gasteiger partial charge in [-0.15, -0.1) is 0 Å². The average Bonchev–Trinajstić information content (AvgIpc) is 3.21. The van der Waals surface area contributed by atoms with Gasteiger partial charge < -0.3 is 4.18 Å². The normalized spacial score (nSPS) is 15.7. The van der Waals surface area contributed by atoms with Gasteiger partial charge in [0.25, 0.3) is 5.91 Å². The minimum atomic E-state index is -4.13. The maximum Gasteiger partial charge on any atom is 0.339 e. The largest absolute Gasteiger partial charge is 0.377 e. The Balaban J connectivity index is 1.45. The number of halogens is 4. The van der Waals surface area contributed by atoms with E-state index in [0.717, 1.165) is 0 Å². The predicted octanol–water partition coefficient (Wildman–Crippen LogP) is 8.88. The number of benzene rings is 4. The van der Waals surface area contributed by atoms with Gasteiger partial charge in [0, 0.05) is 15.1 Å². The number of carbonyl (C=O) groups is 1. The molecule has 0 aliphatic carbocycles. The number of hydrogen-bond donors (Lipinski definition) is 0. The number of nitrogens with zero attached hydrogens (tertiary/aromatic N) is 2. The van der Waals surface area contributed by atoms with E-state index in [2.05, 4.69) is 4.99 Å². The van der Waals surface area contributed by atoms with Gasteiger partial charge in [-0.3, -0.25) is 9.69 Å². The smallest absolute Gasteiger partial charge is 0.339 e. The van der Waals surface area contributed by atoms with Crippen LogP contribution < -0.4 is 9.08 Å². The number of amides is 1. The molecule has 0 radical (unpaired) electrons. The zero-order chi connectivity index (χ0) is 28.4. The molecular weight excluding hydrogens is 634 g/mol. The summed E-state index contributed by atoms with van der Waals surface area (Å²) in [5.41, 5.74) is 1.76. The summed E-state index contributed by atoms with van der Waals surface area (Å²) in [6.45, 7) is 0. The van der Waals surface area contributed by atoms with E-state index in [0.29, 0.717) is 42.1 Å². The topological polar surface area (TPSA) is 76.0 Å². The summed E-state index contributed by atoms with van der Waals surface area (Å²) >= 11 is 25.4. The molecule has 0 bridgehead atoms. The first kappa shape index (κ1) is 28.5. The maximum absolute atomic E-state index is 13.5. The standard InChI is InChI=1S/C28H16Cl4N2O4S2/c29-18-2-8-21(9-3-18)33-28-34(22-10-4-19(30)5-11-22)27(35)26(39-28)16-17-1-14-25(24(32)15-17)38-40(36,37)23-12-6-20(31)7-13-23/h1-16H/b26-16-,33-28?. The minimum Gasteiger partial charge on any atom is -0.377 e. The first-order valence-electron chi connectivity index (χ1n) is 11.4. The minimum absolute atomic E-state index is 0.0481. The van der Waals surface area contributed by atoms with Gasteiger partial charge in [-0.2, -0.15) is 8.42 Å². The molecule has 1 aliphatic heterocycles. The van der Waals surface area contributed by atoms with E-state index < -0.39 is 10.1 Å². The quantitative estimate of drug-likeness (QED) is 0.154. The number of rotatable bonds is 6. The van der Waals surface area contributed by atoms with Crippen LogP contribution in [0.3, 0.4) is 0 Å². The molecule has 4 aromatic carbocycles. The van der Waals surface area contributed by atoms with Crippen LogP contribution in [0.25, 0.3) is 6.08 Å². The molecule has 6 nitrogen and oxygen atoms in total. The van der Waals surface area contributed by atoms with Crippen molar-refractivity contribution < 1.29 is 17.4 Å². The van der Waals surface area contributed by atoms with Gasteiger partial charge in [-0.05, 0) is 108 Å². The van der Waals surface area contributed by atoms with Crippen LogP contribution in [0.1, 0.15) is 5.56 Å². The summed E-state index contributed by atoms with van der Waals surface area (Å²) < 4.78 is 30.5. The Morgan fingerprint density at radius 1 is 0.775 bits per heavy atom. The van der Waals surface area contributed by atoms with Crippen LogP contribution in [0.4, 0.5) is 11.4 Å². The zero-order valence-corrected chi connectivity index (χ0v) is 24.8. The van der Waals surface area contributed by atoms with E-state index in [1.165, 1.54) is 53.1 Å². The number of carbonyl (C=O) groups excluding carboxylic acids is 1. The molecule has 12 heteroatoms. The Kier molecular flexibility index (Phi) is 8.47. The second-order valence-corrected chi connectivity index (χ2v) is 12.6. The molecule has 1 fully saturated rings. The van der Waals surface area contributed by atoms with Gasteiger partial charge in [0.2, 0.25) is 0 Å². The number of hydrogen-bond acceptors (Lipinski definition) is 6. The Morgan fingerprint density at radius 3 is 1.95 bits per heavy atom. The molecular formula is C28H16Cl4N2O4S2. The van der Waals surface area contributed by atoms with E-state index in [-0.39, 0.29) is 21.6 Å². The van der Waals surface area contributed by atoms with Crippen LogP contribution in [-0.4, -0.2) is 19.5 Å². The molecule has 0 spiro atoms. The van der Waals surface area contributed by atoms with Crippen molar-refractivity contribution >= 4 is 96.8 Å². The molecule has 0 N–H and O–H groups in total. The van der Waals surface area contributed by atoms with Crippen molar-refractivity contribution in [2.45, 2.75) is 4.90 Å². The highest BCUT2D eigenvalue weighted by molar-refractivity contribution is 8.19. The van der Waals surface area contributed by atoms with Crippen LogP contribution in [0, 0.1) is 0 Å². The molecule has 40 heavy (non-hydrogen) atoms. The van der Waals surface area contributed by atoms with Crippen molar-refractivity contribution in [3.63, 3.8) is 0 Å². The highest BCUT2D eigenvalue weighted by Gasteiger charge is 2.35. The first-order valence-corrected chi connectivity index (χ1v) is 15.2. The van der Waals surface area contributed by atoms with Crippen LogP contribution >= 0.6 is 58.2 Å². The van der Waals surface area contributed by atoms with Gasteiger partial charge in [0.1, 0.15) is 4.90 Å². The van der Waals surface area contributed by atoms with Gasteiger partial charge in [-0.1, -0.05) is 52.5 Å². The zero-order valence-electron chi connectivity index (χ0n) is 20.1. The number of aliphatic imine (C=N–C) groups is 1. The lowest BCUT2D eigenvalue weighted by atomic mass is 10.2. The Labute approximate surface area is 254 Å². The van der Waals surface area contributed by atoms with Crippen molar-refractivity contribution in [2.75, 3.05) is 4.90 Å². The summed E-state index contributed by atoms with van der Waals surface area (Å²) in [5.74, 6) is -0.362. The summed E-state index contributed by atoms with van der Waals surface area (Å²) in [4.78, 5) is 20.0.